The summed E-state index contributed by atoms with van der Waals surface area (Å²) in [6, 6.07) is 15.8. The van der Waals surface area contributed by atoms with Gasteiger partial charge in [0.15, 0.2) is 0 Å². The van der Waals surface area contributed by atoms with E-state index in [-0.39, 0.29) is 6.04 Å². The van der Waals surface area contributed by atoms with Crippen LogP contribution in [0.2, 0.25) is 0 Å². The molecule has 3 heteroatoms. The van der Waals surface area contributed by atoms with E-state index in [1.165, 1.54) is 5.69 Å². The maximum Gasteiger partial charge on any atom is 0.115 e. The van der Waals surface area contributed by atoms with Crippen LogP contribution >= 0.6 is 0 Å². The van der Waals surface area contributed by atoms with Gasteiger partial charge in [-0.15, -0.1) is 0 Å². The van der Waals surface area contributed by atoms with Crippen LogP contribution in [0.5, 0.6) is 5.75 Å². The van der Waals surface area contributed by atoms with Crippen molar-refractivity contribution in [3.05, 3.63) is 54.1 Å². The lowest BCUT2D eigenvalue weighted by Gasteiger charge is -2.17. The molecule has 0 heterocycles. The average molecular weight is 256 g/mol. The Morgan fingerprint density at radius 2 is 1.74 bits per heavy atom. The summed E-state index contributed by atoms with van der Waals surface area (Å²) in [4.78, 5) is 2.07. The lowest BCUT2D eigenvalue weighted by atomic mass is 10.1. The van der Waals surface area contributed by atoms with Gasteiger partial charge in [0.1, 0.15) is 5.75 Å². The molecule has 0 aliphatic carbocycles. The average Bonchev–Trinajstić information content (AvgIpc) is 2.39. The molecular weight excluding hydrogens is 236 g/mol. The van der Waals surface area contributed by atoms with E-state index in [0.29, 0.717) is 5.75 Å². The van der Waals surface area contributed by atoms with Crippen molar-refractivity contribution in [2.75, 3.05) is 24.3 Å². The molecule has 2 aromatic carbocycles. The molecule has 1 unspecified atom stereocenters. The first-order valence-electron chi connectivity index (χ1n) is 6.39. The number of hydrogen-bond acceptors (Lipinski definition) is 3. The zero-order valence-corrected chi connectivity index (χ0v) is 11.6. The highest BCUT2D eigenvalue weighted by Gasteiger charge is 2.06. The molecule has 0 aliphatic heterocycles. The van der Waals surface area contributed by atoms with Gasteiger partial charge in [-0.2, -0.15) is 0 Å². The summed E-state index contributed by atoms with van der Waals surface area (Å²) in [5.41, 5.74) is 3.31. The molecular formula is C16H20N2O. The third-order valence-electron chi connectivity index (χ3n) is 3.14. The standard InChI is InChI=1S/C16H20N2O/c1-12(13-5-4-6-16(19)11-13)17-14-7-9-15(10-8-14)18(2)3/h4-12,17,19H,1-3H3. The van der Waals surface area contributed by atoms with Crippen molar-refractivity contribution < 1.29 is 5.11 Å². The van der Waals surface area contributed by atoms with E-state index in [9.17, 15) is 5.11 Å². The van der Waals surface area contributed by atoms with Crippen molar-refractivity contribution in [3.63, 3.8) is 0 Å². The number of hydrogen-bond donors (Lipinski definition) is 2. The summed E-state index contributed by atoms with van der Waals surface area (Å²) in [5, 5.41) is 12.9. The fourth-order valence-corrected chi connectivity index (χ4v) is 1.98. The molecule has 2 rings (SSSR count). The zero-order chi connectivity index (χ0) is 13.8. The van der Waals surface area contributed by atoms with Gasteiger partial charge in [-0.1, -0.05) is 12.1 Å². The van der Waals surface area contributed by atoms with Crippen molar-refractivity contribution in [1.29, 1.82) is 0 Å². The number of aromatic hydroxyl groups is 1. The van der Waals surface area contributed by atoms with E-state index in [0.717, 1.165) is 11.3 Å². The first-order chi connectivity index (χ1) is 9.06. The summed E-state index contributed by atoms with van der Waals surface area (Å²) in [7, 11) is 4.05. The molecule has 0 bridgehead atoms. The van der Waals surface area contributed by atoms with Gasteiger partial charge in [0.05, 0.1) is 0 Å². The highest BCUT2D eigenvalue weighted by atomic mass is 16.3. The molecule has 0 aromatic heterocycles. The minimum atomic E-state index is 0.150. The van der Waals surface area contributed by atoms with Crippen LogP contribution in [0.4, 0.5) is 11.4 Å². The maximum atomic E-state index is 9.49. The predicted octanol–water partition coefficient (Wildman–Crippen LogP) is 3.63. The number of phenolic OH excluding ortho intramolecular Hbond substituents is 1. The van der Waals surface area contributed by atoms with E-state index in [1.54, 1.807) is 12.1 Å². The molecule has 100 valence electrons. The normalized spacial score (nSPS) is 11.9. The van der Waals surface area contributed by atoms with Gasteiger partial charge in [-0.05, 0) is 48.9 Å². The lowest BCUT2D eigenvalue weighted by molar-refractivity contribution is 0.474. The number of benzene rings is 2. The van der Waals surface area contributed by atoms with Crippen LogP contribution in [0.1, 0.15) is 18.5 Å². The Morgan fingerprint density at radius 3 is 2.32 bits per heavy atom. The van der Waals surface area contributed by atoms with Crippen LogP contribution in [-0.2, 0) is 0 Å². The molecule has 3 nitrogen and oxygen atoms in total. The molecule has 0 spiro atoms. The molecule has 19 heavy (non-hydrogen) atoms. The maximum absolute atomic E-state index is 9.49. The minimum Gasteiger partial charge on any atom is -0.508 e. The number of phenols is 1. The predicted molar refractivity (Wildman–Crippen MR) is 80.9 cm³/mol. The van der Waals surface area contributed by atoms with E-state index >= 15 is 0 Å². The molecule has 0 aliphatic rings. The Kier molecular flexibility index (Phi) is 3.95. The second kappa shape index (κ2) is 5.65. The third kappa shape index (κ3) is 3.41. The first-order valence-corrected chi connectivity index (χ1v) is 6.39. The van der Waals surface area contributed by atoms with Gasteiger partial charge in [-0.25, -0.2) is 0 Å². The highest BCUT2D eigenvalue weighted by Crippen LogP contribution is 2.23. The van der Waals surface area contributed by atoms with Crippen molar-refractivity contribution in [2.24, 2.45) is 0 Å². The van der Waals surface area contributed by atoms with Gasteiger partial charge in [0.2, 0.25) is 0 Å². The van der Waals surface area contributed by atoms with Gasteiger partial charge in [0.25, 0.3) is 0 Å². The molecule has 0 amide bonds. The van der Waals surface area contributed by atoms with E-state index in [4.69, 9.17) is 0 Å². The molecule has 2 N–H and O–H groups in total. The first kappa shape index (κ1) is 13.3. The fraction of sp³-hybridized carbons (Fsp3) is 0.250. The lowest BCUT2D eigenvalue weighted by Crippen LogP contribution is -2.09. The van der Waals surface area contributed by atoms with Crippen LogP contribution < -0.4 is 10.2 Å². The smallest absolute Gasteiger partial charge is 0.115 e. The van der Waals surface area contributed by atoms with Gasteiger partial charge >= 0.3 is 0 Å². The topological polar surface area (TPSA) is 35.5 Å². The fourth-order valence-electron chi connectivity index (χ4n) is 1.98. The van der Waals surface area contributed by atoms with Gasteiger partial charge < -0.3 is 15.3 Å². The molecule has 1 atom stereocenters. The zero-order valence-electron chi connectivity index (χ0n) is 11.6. The van der Waals surface area contributed by atoms with Gasteiger partial charge in [-0.3, -0.25) is 0 Å². The van der Waals surface area contributed by atoms with Gasteiger partial charge in [0, 0.05) is 31.5 Å². The second-order valence-electron chi connectivity index (χ2n) is 4.90. The Labute approximate surface area is 114 Å². The second-order valence-corrected chi connectivity index (χ2v) is 4.90. The summed E-state index contributed by atoms with van der Waals surface area (Å²) in [6.07, 6.45) is 0. The Morgan fingerprint density at radius 1 is 1.05 bits per heavy atom. The molecule has 0 radical (unpaired) electrons. The SMILES string of the molecule is CC(Nc1ccc(N(C)C)cc1)c1cccc(O)c1. The quantitative estimate of drug-likeness (QED) is 0.876. The van der Waals surface area contributed by atoms with Crippen LogP contribution in [-0.4, -0.2) is 19.2 Å². The van der Waals surface area contributed by atoms with Crippen molar-refractivity contribution in [2.45, 2.75) is 13.0 Å². The van der Waals surface area contributed by atoms with Crippen LogP contribution in [0, 0.1) is 0 Å². The summed E-state index contributed by atoms with van der Waals surface area (Å²) in [6.45, 7) is 2.08. The Bertz CT molecular complexity index is 535. The molecule has 2 aromatic rings. The van der Waals surface area contributed by atoms with Crippen molar-refractivity contribution >= 4 is 11.4 Å². The molecule has 0 saturated carbocycles. The van der Waals surface area contributed by atoms with Crippen LogP contribution in [0.3, 0.4) is 0 Å². The molecule has 0 fully saturated rings. The number of nitrogens with one attached hydrogen (secondary N) is 1. The number of nitrogens with zero attached hydrogens (tertiary/aromatic N) is 1. The van der Waals surface area contributed by atoms with Crippen molar-refractivity contribution in [1.82, 2.24) is 0 Å². The van der Waals surface area contributed by atoms with E-state index in [2.05, 4.69) is 41.4 Å². The number of anilines is 2. The van der Waals surface area contributed by atoms with Crippen LogP contribution in [0.15, 0.2) is 48.5 Å². The minimum absolute atomic E-state index is 0.150. The summed E-state index contributed by atoms with van der Waals surface area (Å²) < 4.78 is 0. The number of rotatable bonds is 4. The van der Waals surface area contributed by atoms with Crippen molar-refractivity contribution in [3.8, 4) is 5.75 Å². The van der Waals surface area contributed by atoms with Crippen LogP contribution in [0.25, 0.3) is 0 Å². The highest BCUT2D eigenvalue weighted by molar-refractivity contribution is 5.55. The Hall–Kier alpha value is -2.16. The summed E-state index contributed by atoms with van der Waals surface area (Å²) >= 11 is 0. The third-order valence-corrected chi connectivity index (χ3v) is 3.14. The van der Waals surface area contributed by atoms with E-state index < -0.39 is 0 Å². The monoisotopic (exact) mass is 256 g/mol. The molecule has 0 saturated heterocycles. The Balaban J connectivity index is 2.08. The summed E-state index contributed by atoms with van der Waals surface area (Å²) in [5.74, 6) is 0.300. The van der Waals surface area contributed by atoms with E-state index in [1.807, 2.05) is 26.2 Å². The largest absolute Gasteiger partial charge is 0.508 e.